The van der Waals surface area contributed by atoms with Crippen molar-refractivity contribution >= 4 is 23.5 Å². The molecule has 0 saturated carbocycles. The van der Waals surface area contributed by atoms with Crippen molar-refractivity contribution < 1.29 is 5.11 Å². The van der Waals surface area contributed by atoms with Crippen molar-refractivity contribution in [1.29, 1.82) is 0 Å². The van der Waals surface area contributed by atoms with E-state index in [4.69, 9.17) is 0 Å². The fraction of sp³-hybridized carbons (Fsp3) is 0.200. The Balaban J connectivity index is 2.36. The van der Waals surface area contributed by atoms with Crippen LogP contribution in [0.2, 0.25) is 0 Å². The molecule has 0 unspecified atom stereocenters. The van der Waals surface area contributed by atoms with Crippen LogP contribution in [-0.4, -0.2) is 14.7 Å². The maximum atomic E-state index is 13.0. The molecule has 0 aliphatic heterocycles. The molecule has 2 aromatic carbocycles. The van der Waals surface area contributed by atoms with Crippen molar-refractivity contribution in [2.75, 3.05) is 0 Å². The standard InChI is InChI=1S/C25H26N2O2S/c1-5-7-19(30)15-27-21-13-14-22(28)20(8-6-2)23(21)24(26-25(27)29)18-11-9-17(10-12-18)16(3)4/h5-7,9-14,16,28,30H,1-2,8,15H2,3-4H3/b19-7-. The molecule has 5 heteroatoms. The highest BCUT2D eigenvalue weighted by Gasteiger charge is 2.18. The Hall–Kier alpha value is -3.05. The van der Waals surface area contributed by atoms with Crippen LogP contribution in [-0.2, 0) is 13.0 Å². The maximum Gasteiger partial charge on any atom is 0.348 e. The van der Waals surface area contributed by atoms with Crippen LogP contribution in [0.1, 0.15) is 30.9 Å². The molecule has 0 aliphatic carbocycles. The molecular weight excluding hydrogens is 392 g/mol. The summed E-state index contributed by atoms with van der Waals surface area (Å²) in [4.78, 5) is 18.1. The first-order valence-electron chi connectivity index (χ1n) is 9.84. The largest absolute Gasteiger partial charge is 0.508 e. The number of fused-ring (bicyclic) bond motifs is 1. The Bertz CT molecular complexity index is 1190. The Labute approximate surface area is 182 Å². The number of hydrogen-bond donors (Lipinski definition) is 2. The molecule has 3 aromatic rings. The summed E-state index contributed by atoms with van der Waals surface area (Å²) < 4.78 is 1.57. The van der Waals surface area contributed by atoms with Crippen LogP contribution in [0.25, 0.3) is 22.2 Å². The summed E-state index contributed by atoms with van der Waals surface area (Å²) in [5, 5.41) is 11.3. The fourth-order valence-electron chi connectivity index (χ4n) is 3.52. The monoisotopic (exact) mass is 418 g/mol. The van der Waals surface area contributed by atoms with E-state index in [0.29, 0.717) is 34.0 Å². The van der Waals surface area contributed by atoms with Crippen LogP contribution in [0, 0.1) is 0 Å². The summed E-state index contributed by atoms with van der Waals surface area (Å²) in [5.74, 6) is 0.560. The van der Waals surface area contributed by atoms with E-state index >= 15 is 0 Å². The number of allylic oxidation sites excluding steroid dienone is 4. The van der Waals surface area contributed by atoms with E-state index in [0.717, 1.165) is 10.9 Å². The number of hydrogen-bond acceptors (Lipinski definition) is 4. The summed E-state index contributed by atoms with van der Waals surface area (Å²) >= 11 is 4.44. The van der Waals surface area contributed by atoms with Gasteiger partial charge < -0.3 is 5.11 Å². The number of thiol groups is 1. The molecule has 30 heavy (non-hydrogen) atoms. The van der Waals surface area contributed by atoms with Crippen molar-refractivity contribution in [2.45, 2.75) is 32.7 Å². The molecule has 1 aromatic heterocycles. The molecule has 0 fully saturated rings. The molecule has 154 valence electrons. The van der Waals surface area contributed by atoms with Gasteiger partial charge in [-0.2, -0.15) is 4.98 Å². The Kier molecular flexibility index (Phi) is 6.63. The highest BCUT2D eigenvalue weighted by Crippen LogP contribution is 2.34. The van der Waals surface area contributed by atoms with Gasteiger partial charge in [0.15, 0.2) is 0 Å². The number of benzene rings is 2. The van der Waals surface area contributed by atoms with Crippen molar-refractivity contribution in [3.8, 4) is 17.0 Å². The Morgan fingerprint density at radius 2 is 1.90 bits per heavy atom. The van der Waals surface area contributed by atoms with Gasteiger partial charge >= 0.3 is 5.69 Å². The molecular formula is C25H26N2O2S. The first-order chi connectivity index (χ1) is 14.4. The molecule has 0 spiro atoms. The van der Waals surface area contributed by atoms with Gasteiger partial charge in [-0.25, -0.2) is 4.79 Å². The zero-order chi connectivity index (χ0) is 21.8. The number of phenols is 1. The maximum absolute atomic E-state index is 13.0. The molecule has 3 rings (SSSR count). The number of aromatic nitrogens is 2. The molecule has 0 aliphatic rings. The summed E-state index contributed by atoms with van der Waals surface area (Å²) in [6.45, 7) is 12.0. The molecule has 0 amide bonds. The minimum absolute atomic E-state index is 0.155. The third-order valence-electron chi connectivity index (χ3n) is 5.06. The molecule has 1 N–H and O–H groups in total. The van der Waals surface area contributed by atoms with E-state index in [2.05, 4.69) is 44.6 Å². The van der Waals surface area contributed by atoms with Gasteiger partial charge in [-0.15, -0.1) is 19.2 Å². The normalized spacial score (nSPS) is 11.8. The lowest BCUT2D eigenvalue weighted by Gasteiger charge is -2.17. The van der Waals surface area contributed by atoms with E-state index in [1.54, 1.807) is 34.9 Å². The fourth-order valence-corrected chi connectivity index (χ4v) is 3.76. The lowest BCUT2D eigenvalue weighted by molar-refractivity contribution is 0.470. The van der Waals surface area contributed by atoms with Gasteiger partial charge in [0, 0.05) is 21.4 Å². The summed E-state index contributed by atoms with van der Waals surface area (Å²) in [6, 6.07) is 11.4. The minimum Gasteiger partial charge on any atom is -0.508 e. The highest BCUT2D eigenvalue weighted by atomic mass is 32.1. The third kappa shape index (κ3) is 4.26. The number of aromatic hydroxyl groups is 1. The van der Waals surface area contributed by atoms with Crippen LogP contribution < -0.4 is 5.69 Å². The van der Waals surface area contributed by atoms with Gasteiger partial charge in [0.25, 0.3) is 0 Å². The Morgan fingerprint density at radius 1 is 1.20 bits per heavy atom. The number of phenolic OH excluding ortho intramolecular Hbond substituents is 1. The number of rotatable bonds is 7. The van der Waals surface area contributed by atoms with Gasteiger partial charge in [-0.1, -0.05) is 62.9 Å². The molecule has 0 atom stereocenters. The van der Waals surface area contributed by atoms with E-state index in [1.807, 2.05) is 24.3 Å². The lowest BCUT2D eigenvalue weighted by atomic mass is 9.96. The molecule has 1 heterocycles. The topological polar surface area (TPSA) is 55.1 Å². The average Bonchev–Trinajstić information content (AvgIpc) is 2.72. The van der Waals surface area contributed by atoms with E-state index in [1.165, 1.54) is 5.56 Å². The Morgan fingerprint density at radius 3 is 2.50 bits per heavy atom. The van der Waals surface area contributed by atoms with E-state index < -0.39 is 0 Å². The zero-order valence-electron chi connectivity index (χ0n) is 17.3. The van der Waals surface area contributed by atoms with Gasteiger partial charge in [0.2, 0.25) is 0 Å². The number of nitrogens with zero attached hydrogens (tertiary/aromatic N) is 2. The molecule has 0 saturated heterocycles. The quantitative estimate of drug-likeness (QED) is 0.297. The second-order valence-electron chi connectivity index (χ2n) is 7.45. The molecule has 4 nitrogen and oxygen atoms in total. The first-order valence-corrected chi connectivity index (χ1v) is 10.3. The average molecular weight is 419 g/mol. The van der Waals surface area contributed by atoms with Gasteiger partial charge in [-0.3, -0.25) is 4.57 Å². The van der Waals surface area contributed by atoms with Crippen LogP contribution >= 0.6 is 12.6 Å². The van der Waals surface area contributed by atoms with E-state index in [-0.39, 0.29) is 18.0 Å². The highest BCUT2D eigenvalue weighted by molar-refractivity contribution is 7.84. The van der Waals surface area contributed by atoms with Crippen molar-refractivity contribution in [3.05, 3.63) is 94.3 Å². The van der Waals surface area contributed by atoms with Crippen molar-refractivity contribution in [3.63, 3.8) is 0 Å². The zero-order valence-corrected chi connectivity index (χ0v) is 18.2. The minimum atomic E-state index is -0.371. The van der Waals surface area contributed by atoms with Crippen LogP contribution in [0.3, 0.4) is 0 Å². The SMILES string of the molecule is C=C/C=C(\S)Cn1c(=O)nc(-c2ccc(C(C)C)cc2)c2c(CC=C)c(O)ccc21. The first kappa shape index (κ1) is 21.7. The van der Waals surface area contributed by atoms with E-state index in [9.17, 15) is 9.90 Å². The predicted octanol–water partition coefficient (Wildman–Crippen LogP) is 5.62. The third-order valence-corrected chi connectivity index (χ3v) is 5.35. The van der Waals surface area contributed by atoms with Crippen LogP contribution in [0.5, 0.6) is 5.75 Å². The predicted molar refractivity (Wildman–Crippen MR) is 128 cm³/mol. The van der Waals surface area contributed by atoms with Crippen molar-refractivity contribution in [1.82, 2.24) is 9.55 Å². The van der Waals surface area contributed by atoms with Gasteiger partial charge in [0.05, 0.1) is 17.8 Å². The smallest absolute Gasteiger partial charge is 0.348 e. The second kappa shape index (κ2) is 9.18. The summed E-state index contributed by atoms with van der Waals surface area (Å²) in [6.07, 6.45) is 5.56. The summed E-state index contributed by atoms with van der Waals surface area (Å²) in [7, 11) is 0. The summed E-state index contributed by atoms with van der Waals surface area (Å²) in [5.41, 5.74) is 3.61. The van der Waals surface area contributed by atoms with Crippen molar-refractivity contribution in [2.24, 2.45) is 0 Å². The molecule has 0 bridgehead atoms. The lowest BCUT2D eigenvalue weighted by Crippen LogP contribution is -2.24. The van der Waals surface area contributed by atoms with Gasteiger partial charge in [-0.05, 0) is 30.0 Å². The van der Waals surface area contributed by atoms with Crippen LogP contribution in [0.4, 0.5) is 0 Å². The molecule has 0 radical (unpaired) electrons. The van der Waals surface area contributed by atoms with Gasteiger partial charge in [0.1, 0.15) is 5.75 Å². The second-order valence-corrected chi connectivity index (χ2v) is 8.02. The van der Waals surface area contributed by atoms with Crippen LogP contribution in [0.15, 0.2) is 77.5 Å².